The number of hydrogen-bond donors (Lipinski definition) is 1. The molecular weight excluding hydrogens is 316 g/mol. The monoisotopic (exact) mass is 340 g/mol. The van der Waals surface area contributed by atoms with Crippen molar-refractivity contribution in [1.82, 2.24) is 10.2 Å². The fraction of sp³-hybridized carbons (Fsp3) is 0.350. The third-order valence-corrected chi connectivity index (χ3v) is 5.22. The standard InChI is InChI=1S/C20H24N2OS/c23-20(7-6-17-4-2-1-3-5-17)21-14-18-8-11-22(12-9-18)15-19-10-13-24-16-19/h1-7,10,13,16,18H,8-9,11-12,14-15H2,(H,21,23)/b7-6+. The zero-order valence-electron chi connectivity index (χ0n) is 13.9. The lowest BCUT2D eigenvalue weighted by atomic mass is 9.96. The van der Waals surface area contributed by atoms with Crippen molar-refractivity contribution in [3.05, 3.63) is 64.4 Å². The molecule has 0 saturated carbocycles. The van der Waals surface area contributed by atoms with Gasteiger partial charge in [0.25, 0.3) is 0 Å². The maximum absolute atomic E-state index is 11.9. The molecule has 3 rings (SSSR count). The van der Waals surface area contributed by atoms with E-state index >= 15 is 0 Å². The summed E-state index contributed by atoms with van der Waals surface area (Å²) < 4.78 is 0. The van der Waals surface area contributed by atoms with E-state index in [9.17, 15) is 4.79 Å². The van der Waals surface area contributed by atoms with Crippen LogP contribution in [0.4, 0.5) is 0 Å². The molecule has 2 heterocycles. The maximum atomic E-state index is 11.9. The first-order valence-electron chi connectivity index (χ1n) is 8.54. The largest absolute Gasteiger partial charge is 0.352 e. The summed E-state index contributed by atoms with van der Waals surface area (Å²) in [5.74, 6) is 0.595. The molecule has 0 unspecified atom stereocenters. The molecule has 1 aliphatic rings. The number of hydrogen-bond acceptors (Lipinski definition) is 3. The summed E-state index contributed by atoms with van der Waals surface area (Å²) in [6.45, 7) is 4.08. The van der Waals surface area contributed by atoms with Crippen LogP contribution in [-0.4, -0.2) is 30.4 Å². The van der Waals surface area contributed by atoms with Gasteiger partial charge in [-0.25, -0.2) is 0 Å². The van der Waals surface area contributed by atoms with E-state index < -0.39 is 0 Å². The molecule has 1 saturated heterocycles. The minimum atomic E-state index is -0.000411. The van der Waals surface area contributed by atoms with Gasteiger partial charge >= 0.3 is 0 Å². The quantitative estimate of drug-likeness (QED) is 0.812. The highest BCUT2D eigenvalue weighted by Crippen LogP contribution is 2.19. The van der Waals surface area contributed by atoms with Crippen LogP contribution in [0.5, 0.6) is 0 Å². The lowest BCUT2D eigenvalue weighted by Crippen LogP contribution is -2.37. The van der Waals surface area contributed by atoms with Crippen molar-refractivity contribution >= 4 is 23.3 Å². The Morgan fingerprint density at radius 1 is 1.21 bits per heavy atom. The van der Waals surface area contributed by atoms with Gasteiger partial charge in [0.05, 0.1) is 0 Å². The Morgan fingerprint density at radius 2 is 2.00 bits per heavy atom. The van der Waals surface area contributed by atoms with Crippen LogP contribution in [0.1, 0.15) is 24.0 Å². The van der Waals surface area contributed by atoms with E-state index in [0.29, 0.717) is 5.92 Å². The predicted octanol–water partition coefficient (Wildman–Crippen LogP) is 3.79. The second-order valence-electron chi connectivity index (χ2n) is 6.34. The molecule has 1 N–H and O–H groups in total. The molecule has 0 radical (unpaired) electrons. The SMILES string of the molecule is O=C(/C=C/c1ccccc1)NCC1CCN(Cc2ccsc2)CC1. The average Bonchev–Trinajstić information content (AvgIpc) is 3.13. The van der Waals surface area contributed by atoms with Crippen molar-refractivity contribution in [2.75, 3.05) is 19.6 Å². The van der Waals surface area contributed by atoms with Crippen molar-refractivity contribution in [2.24, 2.45) is 5.92 Å². The Morgan fingerprint density at radius 3 is 2.71 bits per heavy atom. The van der Waals surface area contributed by atoms with Crippen LogP contribution < -0.4 is 5.32 Å². The first-order chi connectivity index (χ1) is 11.8. The third kappa shape index (κ3) is 5.32. The minimum Gasteiger partial charge on any atom is -0.352 e. The molecule has 1 aromatic heterocycles. The summed E-state index contributed by atoms with van der Waals surface area (Å²) in [6.07, 6.45) is 5.81. The van der Waals surface area contributed by atoms with Crippen LogP contribution in [-0.2, 0) is 11.3 Å². The molecule has 1 fully saturated rings. The second-order valence-corrected chi connectivity index (χ2v) is 7.12. The number of carbonyl (C=O) groups excluding carboxylic acids is 1. The molecule has 0 atom stereocenters. The molecule has 0 aliphatic carbocycles. The molecule has 1 amide bonds. The van der Waals surface area contributed by atoms with Crippen molar-refractivity contribution in [2.45, 2.75) is 19.4 Å². The summed E-state index contributed by atoms with van der Waals surface area (Å²) in [5, 5.41) is 7.41. The fourth-order valence-electron chi connectivity index (χ4n) is 3.03. The molecule has 1 aliphatic heterocycles. The van der Waals surface area contributed by atoms with E-state index in [1.807, 2.05) is 36.4 Å². The summed E-state index contributed by atoms with van der Waals surface area (Å²) in [6, 6.07) is 12.1. The van der Waals surface area contributed by atoms with Crippen LogP contribution in [0.2, 0.25) is 0 Å². The Balaban J connectivity index is 1.35. The van der Waals surface area contributed by atoms with Crippen LogP contribution in [0.15, 0.2) is 53.2 Å². The molecule has 4 heteroatoms. The van der Waals surface area contributed by atoms with Gasteiger partial charge in [0.15, 0.2) is 0 Å². The van der Waals surface area contributed by atoms with Gasteiger partial charge < -0.3 is 5.32 Å². The van der Waals surface area contributed by atoms with Crippen LogP contribution in [0, 0.1) is 5.92 Å². The van der Waals surface area contributed by atoms with Gasteiger partial charge in [0.1, 0.15) is 0 Å². The molecular formula is C20H24N2OS. The van der Waals surface area contributed by atoms with E-state index in [1.165, 1.54) is 5.56 Å². The highest BCUT2D eigenvalue weighted by molar-refractivity contribution is 7.07. The second kappa shape index (κ2) is 8.81. The number of amides is 1. The third-order valence-electron chi connectivity index (χ3n) is 4.49. The van der Waals surface area contributed by atoms with E-state index in [0.717, 1.165) is 44.6 Å². The number of nitrogens with zero attached hydrogens (tertiary/aromatic N) is 1. The van der Waals surface area contributed by atoms with Crippen molar-refractivity contribution in [3.8, 4) is 0 Å². The maximum Gasteiger partial charge on any atom is 0.244 e. The molecule has 2 aromatic rings. The normalized spacial score (nSPS) is 16.5. The highest BCUT2D eigenvalue weighted by atomic mass is 32.1. The zero-order chi connectivity index (χ0) is 16.6. The summed E-state index contributed by atoms with van der Waals surface area (Å²) >= 11 is 1.76. The smallest absolute Gasteiger partial charge is 0.244 e. The number of likely N-dealkylation sites (tertiary alicyclic amines) is 1. The lowest BCUT2D eigenvalue weighted by molar-refractivity contribution is -0.116. The van der Waals surface area contributed by atoms with Crippen LogP contribution in [0.25, 0.3) is 6.08 Å². The molecule has 126 valence electrons. The van der Waals surface area contributed by atoms with Gasteiger partial charge in [-0.05, 0) is 65.9 Å². The molecule has 1 aromatic carbocycles. The van der Waals surface area contributed by atoms with Crippen molar-refractivity contribution < 1.29 is 4.79 Å². The summed E-state index contributed by atoms with van der Waals surface area (Å²) in [7, 11) is 0. The molecule has 0 spiro atoms. The van der Waals surface area contributed by atoms with Gasteiger partial charge in [-0.3, -0.25) is 9.69 Å². The zero-order valence-corrected chi connectivity index (χ0v) is 14.7. The van der Waals surface area contributed by atoms with E-state index in [1.54, 1.807) is 17.4 Å². The molecule has 0 bridgehead atoms. The van der Waals surface area contributed by atoms with E-state index in [4.69, 9.17) is 0 Å². The Kier molecular flexibility index (Phi) is 6.21. The Labute approximate surface area is 148 Å². The van der Waals surface area contributed by atoms with Gasteiger partial charge in [-0.15, -0.1) is 0 Å². The fourth-order valence-corrected chi connectivity index (χ4v) is 3.69. The topological polar surface area (TPSA) is 32.3 Å². The first kappa shape index (κ1) is 16.9. The van der Waals surface area contributed by atoms with E-state index in [-0.39, 0.29) is 5.91 Å². The van der Waals surface area contributed by atoms with Crippen molar-refractivity contribution in [3.63, 3.8) is 0 Å². The number of rotatable bonds is 6. The van der Waals surface area contributed by atoms with Gasteiger partial charge in [0, 0.05) is 19.2 Å². The number of piperidine rings is 1. The molecule has 24 heavy (non-hydrogen) atoms. The number of nitrogens with one attached hydrogen (secondary N) is 1. The van der Waals surface area contributed by atoms with E-state index in [2.05, 4.69) is 27.0 Å². The summed E-state index contributed by atoms with van der Waals surface area (Å²) in [5.41, 5.74) is 2.46. The number of benzene rings is 1. The Hall–Kier alpha value is -1.91. The van der Waals surface area contributed by atoms with Gasteiger partial charge in [-0.1, -0.05) is 30.3 Å². The summed E-state index contributed by atoms with van der Waals surface area (Å²) in [4.78, 5) is 14.4. The van der Waals surface area contributed by atoms with Crippen LogP contribution in [0.3, 0.4) is 0 Å². The number of thiophene rings is 1. The van der Waals surface area contributed by atoms with Gasteiger partial charge in [0.2, 0.25) is 5.91 Å². The predicted molar refractivity (Wildman–Crippen MR) is 101 cm³/mol. The number of carbonyl (C=O) groups is 1. The lowest BCUT2D eigenvalue weighted by Gasteiger charge is -2.31. The minimum absolute atomic E-state index is 0.000411. The first-order valence-corrected chi connectivity index (χ1v) is 9.48. The van der Waals surface area contributed by atoms with Gasteiger partial charge in [-0.2, -0.15) is 11.3 Å². The highest BCUT2D eigenvalue weighted by Gasteiger charge is 2.19. The van der Waals surface area contributed by atoms with Crippen molar-refractivity contribution in [1.29, 1.82) is 0 Å². The van der Waals surface area contributed by atoms with Crippen LogP contribution >= 0.6 is 11.3 Å². The average molecular weight is 340 g/mol. The molecule has 3 nitrogen and oxygen atoms in total. The Bertz CT molecular complexity index is 644.